The Bertz CT molecular complexity index is 434. The molecule has 0 saturated heterocycles. The van der Waals surface area contributed by atoms with Crippen LogP contribution in [0.25, 0.3) is 0 Å². The summed E-state index contributed by atoms with van der Waals surface area (Å²) in [6.45, 7) is 8.16. The highest BCUT2D eigenvalue weighted by Crippen LogP contribution is 2.22. The lowest BCUT2D eigenvalue weighted by molar-refractivity contribution is 0.411. The van der Waals surface area contributed by atoms with Crippen molar-refractivity contribution in [2.24, 2.45) is 5.92 Å². The highest BCUT2D eigenvalue weighted by Gasteiger charge is 2.11. The fraction of sp³-hybridized carbons (Fsp3) is 0.625. The van der Waals surface area contributed by atoms with Crippen LogP contribution in [0.5, 0.6) is 5.75 Å². The number of hydrogen-bond acceptors (Lipinski definition) is 3. The number of benzene rings is 1. The van der Waals surface area contributed by atoms with Gasteiger partial charge in [-0.3, -0.25) is 4.21 Å². The van der Waals surface area contributed by atoms with Gasteiger partial charge in [-0.05, 0) is 30.2 Å². The molecule has 0 radical (unpaired) electrons. The fourth-order valence-corrected chi connectivity index (χ4v) is 3.55. The van der Waals surface area contributed by atoms with Gasteiger partial charge in [0.25, 0.3) is 0 Å². The SMILES string of the molecule is CCNCc1ccc(OC)c(CS(=O)CC(C)CC)c1. The molecule has 2 unspecified atom stereocenters. The molecule has 0 aliphatic heterocycles. The quantitative estimate of drug-likeness (QED) is 0.761. The molecule has 1 N–H and O–H groups in total. The Morgan fingerprint density at radius 3 is 2.70 bits per heavy atom. The van der Waals surface area contributed by atoms with Crippen molar-refractivity contribution in [2.45, 2.75) is 39.5 Å². The number of rotatable bonds is 9. The van der Waals surface area contributed by atoms with Gasteiger partial charge < -0.3 is 10.1 Å². The van der Waals surface area contributed by atoms with Crippen LogP contribution in [0.1, 0.15) is 38.3 Å². The zero-order valence-electron chi connectivity index (χ0n) is 13.1. The molecule has 0 saturated carbocycles. The van der Waals surface area contributed by atoms with E-state index in [0.29, 0.717) is 11.7 Å². The lowest BCUT2D eigenvalue weighted by Crippen LogP contribution is -2.13. The average molecular weight is 297 g/mol. The first-order chi connectivity index (χ1) is 9.60. The molecule has 1 aromatic rings. The summed E-state index contributed by atoms with van der Waals surface area (Å²) < 4.78 is 17.6. The van der Waals surface area contributed by atoms with Crippen LogP contribution in [-0.2, 0) is 23.1 Å². The molecule has 2 atom stereocenters. The second-order valence-electron chi connectivity index (χ2n) is 5.19. The van der Waals surface area contributed by atoms with E-state index in [4.69, 9.17) is 4.74 Å². The topological polar surface area (TPSA) is 38.3 Å². The van der Waals surface area contributed by atoms with Crippen molar-refractivity contribution in [1.82, 2.24) is 5.32 Å². The molecular weight excluding hydrogens is 270 g/mol. The molecule has 0 spiro atoms. The van der Waals surface area contributed by atoms with E-state index in [-0.39, 0.29) is 0 Å². The van der Waals surface area contributed by atoms with Crippen LogP contribution < -0.4 is 10.1 Å². The van der Waals surface area contributed by atoms with Crippen molar-refractivity contribution in [3.05, 3.63) is 29.3 Å². The van der Waals surface area contributed by atoms with Crippen LogP contribution in [0.3, 0.4) is 0 Å². The Hall–Kier alpha value is -0.870. The smallest absolute Gasteiger partial charge is 0.123 e. The van der Waals surface area contributed by atoms with E-state index in [1.807, 2.05) is 6.07 Å². The summed E-state index contributed by atoms with van der Waals surface area (Å²) in [5.41, 5.74) is 2.26. The first kappa shape index (κ1) is 17.2. The van der Waals surface area contributed by atoms with Crippen LogP contribution in [-0.4, -0.2) is 23.6 Å². The molecule has 4 heteroatoms. The number of methoxy groups -OCH3 is 1. The normalized spacial score (nSPS) is 14.0. The van der Waals surface area contributed by atoms with Crippen molar-refractivity contribution < 1.29 is 8.95 Å². The zero-order chi connectivity index (χ0) is 15.0. The summed E-state index contributed by atoms with van der Waals surface area (Å²) in [7, 11) is 0.840. The Kier molecular flexibility index (Phi) is 7.85. The summed E-state index contributed by atoms with van der Waals surface area (Å²) >= 11 is 0. The summed E-state index contributed by atoms with van der Waals surface area (Å²) in [5.74, 6) is 2.68. The highest BCUT2D eigenvalue weighted by atomic mass is 32.2. The van der Waals surface area contributed by atoms with Crippen LogP contribution in [0.4, 0.5) is 0 Å². The van der Waals surface area contributed by atoms with Gasteiger partial charge in [-0.15, -0.1) is 0 Å². The van der Waals surface area contributed by atoms with Gasteiger partial charge in [0.2, 0.25) is 0 Å². The van der Waals surface area contributed by atoms with Crippen LogP contribution in [0.15, 0.2) is 18.2 Å². The Labute approximate surface area is 125 Å². The van der Waals surface area contributed by atoms with Crippen molar-refractivity contribution in [1.29, 1.82) is 0 Å². The fourth-order valence-electron chi connectivity index (χ4n) is 1.99. The lowest BCUT2D eigenvalue weighted by Gasteiger charge is -2.13. The van der Waals surface area contributed by atoms with Gasteiger partial charge in [0.1, 0.15) is 5.75 Å². The predicted molar refractivity (Wildman–Crippen MR) is 86.5 cm³/mol. The first-order valence-corrected chi connectivity index (χ1v) is 8.80. The van der Waals surface area contributed by atoms with Gasteiger partial charge in [0.15, 0.2) is 0 Å². The number of ether oxygens (including phenoxy) is 1. The summed E-state index contributed by atoms with van der Waals surface area (Å²) in [4.78, 5) is 0. The van der Waals surface area contributed by atoms with Gasteiger partial charge >= 0.3 is 0 Å². The van der Waals surface area contributed by atoms with Crippen LogP contribution in [0, 0.1) is 5.92 Å². The van der Waals surface area contributed by atoms with Gasteiger partial charge in [0, 0.05) is 28.7 Å². The minimum absolute atomic E-state index is 0.506. The van der Waals surface area contributed by atoms with E-state index < -0.39 is 10.8 Å². The van der Waals surface area contributed by atoms with E-state index in [2.05, 4.69) is 38.2 Å². The summed E-state index contributed by atoms with van der Waals surface area (Å²) in [6.07, 6.45) is 1.07. The van der Waals surface area contributed by atoms with E-state index in [0.717, 1.165) is 36.6 Å². The molecule has 0 aliphatic carbocycles. The third-order valence-corrected chi connectivity index (χ3v) is 4.98. The maximum absolute atomic E-state index is 12.2. The lowest BCUT2D eigenvalue weighted by atomic mass is 10.1. The van der Waals surface area contributed by atoms with E-state index in [9.17, 15) is 4.21 Å². The third kappa shape index (κ3) is 5.63. The van der Waals surface area contributed by atoms with Crippen LogP contribution >= 0.6 is 0 Å². The highest BCUT2D eigenvalue weighted by molar-refractivity contribution is 7.84. The maximum atomic E-state index is 12.2. The Morgan fingerprint density at radius 1 is 1.35 bits per heavy atom. The minimum Gasteiger partial charge on any atom is -0.496 e. The van der Waals surface area contributed by atoms with Crippen LogP contribution in [0.2, 0.25) is 0 Å². The maximum Gasteiger partial charge on any atom is 0.123 e. The molecule has 0 heterocycles. The zero-order valence-corrected chi connectivity index (χ0v) is 13.9. The van der Waals surface area contributed by atoms with Gasteiger partial charge in [-0.25, -0.2) is 0 Å². The molecule has 0 amide bonds. The Balaban J connectivity index is 2.77. The molecule has 1 aromatic carbocycles. The van der Waals surface area contributed by atoms with Gasteiger partial charge in [-0.2, -0.15) is 0 Å². The standard InChI is InChI=1S/C16H27NO2S/c1-5-13(3)11-20(18)12-15-9-14(10-17-6-2)7-8-16(15)19-4/h7-9,13,17H,5-6,10-12H2,1-4H3. The van der Waals surface area contributed by atoms with Crippen molar-refractivity contribution in [3.8, 4) is 5.75 Å². The Morgan fingerprint density at radius 2 is 2.10 bits per heavy atom. The average Bonchev–Trinajstić information content (AvgIpc) is 2.45. The molecule has 1 rings (SSSR count). The molecular formula is C16H27NO2S. The van der Waals surface area contributed by atoms with Crippen molar-refractivity contribution in [2.75, 3.05) is 19.4 Å². The first-order valence-electron chi connectivity index (χ1n) is 7.32. The largest absolute Gasteiger partial charge is 0.496 e. The molecule has 20 heavy (non-hydrogen) atoms. The molecule has 0 fully saturated rings. The summed E-state index contributed by atoms with van der Waals surface area (Å²) in [6, 6.07) is 6.14. The molecule has 114 valence electrons. The van der Waals surface area contributed by atoms with Gasteiger partial charge in [-0.1, -0.05) is 33.3 Å². The number of nitrogens with one attached hydrogen (secondary N) is 1. The van der Waals surface area contributed by atoms with Gasteiger partial charge in [0.05, 0.1) is 12.9 Å². The number of hydrogen-bond donors (Lipinski definition) is 1. The predicted octanol–water partition coefficient (Wildman–Crippen LogP) is 3.10. The molecule has 0 aliphatic rings. The minimum atomic E-state index is -0.827. The van der Waals surface area contributed by atoms with Crippen molar-refractivity contribution >= 4 is 10.8 Å². The van der Waals surface area contributed by atoms with E-state index >= 15 is 0 Å². The molecule has 3 nitrogen and oxygen atoms in total. The molecule has 0 aromatic heterocycles. The van der Waals surface area contributed by atoms with E-state index in [1.54, 1.807) is 7.11 Å². The summed E-state index contributed by atoms with van der Waals surface area (Å²) in [5, 5.41) is 3.31. The van der Waals surface area contributed by atoms with E-state index in [1.165, 1.54) is 5.56 Å². The second kappa shape index (κ2) is 9.14. The molecule has 0 bridgehead atoms. The second-order valence-corrected chi connectivity index (χ2v) is 6.69. The van der Waals surface area contributed by atoms with Crippen molar-refractivity contribution in [3.63, 3.8) is 0 Å². The monoisotopic (exact) mass is 297 g/mol. The third-order valence-electron chi connectivity index (χ3n) is 3.41.